The molecule has 0 saturated carbocycles. The summed E-state index contributed by atoms with van der Waals surface area (Å²) < 4.78 is 37.0. The van der Waals surface area contributed by atoms with E-state index in [0.717, 1.165) is 12.1 Å². The van der Waals surface area contributed by atoms with Crippen LogP contribution in [0.5, 0.6) is 0 Å². The molecule has 0 saturated heterocycles. The fourth-order valence-corrected chi connectivity index (χ4v) is 2.82. The van der Waals surface area contributed by atoms with E-state index in [1.54, 1.807) is 31.2 Å². The Hall–Kier alpha value is -3.55. The van der Waals surface area contributed by atoms with Crippen molar-refractivity contribution < 1.29 is 27.6 Å². The zero-order chi connectivity index (χ0) is 21.0. The lowest BCUT2D eigenvalue weighted by molar-refractivity contribution is -0.124. The second kappa shape index (κ2) is 8.64. The molecular formula is C21H18F2N2O4. The molecule has 3 aromatic rings. The van der Waals surface area contributed by atoms with Gasteiger partial charge in [0.05, 0.1) is 6.04 Å². The Morgan fingerprint density at radius 2 is 1.90 bits per heavy atom. The van der Waals surface area contributed by atoms with Crippen LogP contribution in [-0.2, 0) is 9.53 Å². The van der Waals surface area contributed by atoms with Crippen molar-refractivity contribution in [3.05, 3.63) is 77.1 Å². The highest BCUT2D eigenvalue weighted by molar-refractivity contribution is 5.98. The predicted octanol–water partition coefficient (Wildman–Crippen LogP) is 3.96. The lowest BCUT2D eigenvalue weighted by Crippen LogP contribution is -2.31. The van der Waals surface area contributed by atoms with Crippen molar-refractivity contribution in [2.24, 2.45) is 0 Å². The van der Waals surface area contributed by atoms with Gasteiger partial charge in [-0.25, -0.2) is 13.6 Å². The third-order valence-corrected chi connectivity index (χ3v) is 4.25. The highest BCUT2D eigenvalue weighted by Gasteiger charge is 2.24. The molecule has 1 aromatic heterocycles. The molecule has 0 unspecified atom stereocenters. The fraction of sp³-hybridized carbons (Fsp3) is 0.190. The monoisotopic (exact) mass is 400 g/mol. The molecule has 2 aromatic carbocycles. The van der Waals surface area contributed by atoms with E-state index in [-0.39, 0.29) is 16.9 Å². The van der Waals surface area contributed by atoms with E-state index in [2.05, 4.69) is 10.5 Å². The minimum atomic E-state index is -0.776. The maximum absolute atomic E-state index is 13.8. The summed E-state index contributed by atoms with van der Waals surface area (Å²) in [6.45, 7) is 2.52. The van der Waals surface area contributed by atoms with Gasteiger partial charge in [-0.2, -0.15) is 0 Å². The van der Waals surface area contributed by atoms with Crippen LogP contribution in [0.1, 0.15) is 34.6 Å². The van der Waals surface area contributed by atoms with Crippen molar-refractivity contribution in [1.29, 1.82) is 0 Å². The summed E-state index contributed by atoms with van der Waals surface area (Å²) in [5.41, 5.74) is 1.23. The number of aryl methyl sites for hydroxylation is 1. The Morgan fingerprint density at radius 1 is 1.17 bits per heavy atom. The Morgan fingerprint density at radius 3 is 2.59 bits per heavy atom. The topological polar surface area (TPSA) is 81.4 Å². The first-order valence-corrected chi connectivity index (χ1v) is 8.80. The Kier molecular flexibility index (Phi) is 6.01. The average Bonchev–Trinajstić information content (AvgIpc) is 3.08. The van der Waals surface area contributed by atoms with Crippen molar-refractivity contribution in [2.75, 3.05) is 6.61 Å². The Labute approximate surface area is 165 Å². The van der Waals surface area contributed by atoms with Gasteiger partial charge >= 0.3 is 5.97 Å². The lowest BCUT2D eigenvalue weighted by atomic mass is 10.1. The molecule has 0 aliphatic rings. The molecule has 0 spiro atoms. The summed E-state index contributed by atoms with van der Waals surface area (Å²) in [5.74, 6) is -2.63. The van der Waals surface area contributed by atoms with Crippen molar-refractivity contribution in [3.63, 3.8) is 0 Å². The van der Waals surface area contributed by atoms with Gasteiger partial charge in [0.25, 0.3) is 5.91 Å². The zero-order valence-electron chi connectivity index (χ0n) is 15.7. The molecule has 3 rings (SSSR count). The quantitative estimate of drug-likeness (QED) is 0.634. The van der Waals surface area contributed by atoms with Crippen LogP contribution in [0.25, 0.3) is 11.3 Å². The number of carbonyl (C=O) groups is 2. The number of aromatic nitrogens is 1. The Balaban J connectivity index is 1.64. The first-order valence-electron chi connectivity index (χ1n) is 8.80. The number of carbonyl (C=O) groups excluding carboxylic acids is 2. The number of ether oxygens (including phenoxy) is 1. The van der Waals surface area contributed by atoms with Gasteiger partial charge < -0.3 is 14.6 Å². The van der Waals surface area contributed by atoms with Crippen LogP contribution in [0.3, 0.4) is 0 Å². The summed E-state index contributed by atoms with van der Waals surface area (Å²) in [6.07, 6.45) is 0. The van der Waals surface area contributed by atoms with E-state index >= 15 is 0 Å². The van der Waals surface area contributed by atoms with Gasteiger partial charge in [0.2, 0.25) is 0 Å². The summed E-state index contributed by atoms with van der Waals surface area (Å²) in [4.78, 5) is 24.6. The molecule has 1 atom stereocenters. The van der Waals surface area contributed by atoms with E-state index in [1.165, 1.54) is 13.0 Å². The number of hydrogen-bond donors (Lipinski definition) is 1. The molecule has 0 radical (unpaired) electrons. The largest absolute Gasteiger partial charge is 0.452 e. The van der Waals surface area contributed by atoms with Crippen LogP contribution in [0.15, 0.2) is 53.1 Å². The molecule has 29 heavy (non-hydrogen) atoms. The van der Waals surface area contributed by atoms with Crippen LogP contribution in [0.4, 0.5) is 8.78 Å². The molecule has 6 nitrogen and oxygen atoms in total. The predicted molar refractivity (Wildman–Crippen MR) is 99.9 cm³/mol. The highest BCUT2D eigenvalue weighted by Crippen LogP contribution is 2.25. The van der Waals surface area contributed by atoms with E-state index < -0.39 is 36.2 Å². The SMILES string of the molecule is Cc1onc(-c2ccccc2)c1C(=O)OCC(=O)N[C@H](C)c1ccc(F)cc1F. The number of nitrogens with zero attached hydrogens (tertiary/aromatic N) is 1. The maximum Gasteiger partial charge on any atom is 0.344 e. The van der Waals surface area contributed by atoms with Crippen molar-refractivity contribution in [2.45, 2.75) is 19.9 Å². The van der Waals surface area contributed by atoms with Gasteiger partial charge in [-0.1, -0.05) is 41.6 Å². The standard InChI is InChI=1S/C21H18F2N2O4/c1-12(16-9-8-15(22)10-17(16)23)24-18(26)11-28-21(27)19-13(2)29-25-20(19)14-6-4-3-5-7-14/h3-10,12H,11H2,1-2H3,(H,24,26)/t12-/m1/s1. The number of halogens is 2. The minimum Gasteiger partial charge on any atom is -0.452 e. The van der Waals surface area contributed by atoms with Crippen LogP contribution in [0, 0.1) is 18.6 Å². The van der Waals surface area contributed by atoms with E-state index in [4.69, 9.17) is 9.26 Å². The number of hydrogen-bond acceptors (Lipinski definition) is 5. The van der Waals surface area contributed by atoms with E-state index in [1.807, 2.05) is 6.07 Å². The molecule has 1 N–H and O–H groups in total. The summed E-state index contributed by atoms with van der Waals surface area (Å²) in [7, 11) is 0. The van der Waals surface area contributed by atoms with Gasteiger partial charge in [0.15, 0.2) is 6.61 Å². The van der Waals surface area contributed by atoms with Crippen LogP contribution < -0.4 is 5.32 Å². The van der Waals surface area contributed by atoms with Crippen LogP contribution in [0.2, 0.25) is 0 Å². The number of esters is 1. The van der Waals surface area contributed by atoms with Crippen LogP contribution >= 0.6 is 0 Å². The normalized spacial score (nSPS) is 11.7. The molecule has 0 aliphatic carbocycles. The lowest BCUT2D eigenvalue weighted by Gasteiger charge is -2.15. The zero-order valence-corrected chi connectivity index (χ0v) is 15.7. The molecule has 0 aliphatic heterocycles. The fourth-order valence-electron chi connectivity index (χ4n) is 2.82. The number of nitrogens with one attached hydrogen (secondary N) is 1. The van der Waals surface area contributed by atoms with Gasteiger partial charge in [-0.05, 0) is 19.9 Å². The molecule has 1 heterocycles. The summed E-state index contributed by atoms with van der Waals surface area (Å²) in [6, 6.07) is 11.3. The first kappa shape index (κ1) is 20.2. The summed E-state index contributed by atoms with van der Waals surface area (Å²) in [5, 5.41) is 6.39. The van der Waals surface area contributed by atoms with E-state index in [0.29, 0.717) is 11.3 Å². The van der Waals surface area contributed by atoms with Gasteiger partial charge in [0, 0.05) is 17.2 Å². The molecule has 150 valence electrons. The maximum atomic E-state index is 13.8. The van der Waals surface area contributed by atoms with Crippen molar-refractivity contribution in [1.82, 2.24) is 10.5 Å². The number of rotatable bonds is 6. The minimum absolute atomic E-state index is 0.118. The molecule has 0 fully saturated rings. The first-order chi connectivity index (χ1) is 13.9. The van der Waals surface area contributed by atoms with Gasteiger partial charge in [0.1, 0.15) is 28.7 Å². The highest BCUT2D eigenvalue weighted by atomic mass is 19.1. The molecule has 8 heteroatoms. The smallest absolute Gasteiger partial charge is 0.344 e. The number of benzene rings is 2. The molecule has 0 bridgehead atoms. The van der Waals surface area contributed by atoms with Gasteiger partial charge in [-0.3, -0.25) is 4.79 Å². The third-order valence-electron chi connectivity index (χ3n) is 4.25. The third kappa shape index (κ3) is 4.66. The Bertz CT molecular complexity index is 1030. The van der Waals surface area contributed by atoms with Crippen LogP contribution in [-0.4, -0.2) is 23.6 Å². The second-order valence-electron chi connectivity index (χ2n) is 6.36. The molecular weight excluding hydrogens is 382 g/mol. The van der Waals surface area contributed by atoms with Crippen molar-refractivity contribution >= 4 is 11.9 Å². The average molecular weight is 400 g/mol. The molecule has 1 amide bonds. The summed E-state index contributed by atoms with van der Waals surface area (Å²) >= 11 is 0. The van der Waals surface area contributed by atoms with E-state index in [9.17, 15) is 18.4 Å². The second-order valence-corrected chi connectivity index (χ2v) is 6.36. The number of amides is 1. The van der Waals surface area contributed by atoms with Gasteiger partial charge in [-0.15, -0.1) is 0 Å². The van der Waals surface area contributed by atoms with Crippen molar-refractivity contribution in [3.8, 4) is 11.3 Å².